The van der Waals surface area contributed by atoms with Crippen molar-refractivity contribution in [3.8, 4) is 0 Å². The van der Waals surface area contributed by atoms with Gasteiger partial charge in [0.25, 0.3) is 0 Å². The molecule has 0 aliphatic carbocycles. The predicted octanol–water partition coefficient (Wildman–Crippen LogP) is 0.164. The monoisotopic (exact) mass is 317 g/mol. The minimum Gasteiger partial charge on any atom is -0.359 e. The maximum atomic E-state index is 12.5. The van der Waals surface area contributed by atoms with Crippen LogP contribution >= 0.6 is 0 Å². The molecule has 0 aromatic rings. The molecule has 0 aromatic carbocycles. The molecule has 2 rings (SSSR count). The van der Waals surface area contributed by atoms with Gasteiger partial charge in [-0.25, -0.2) is 12.7 Å². The zero-order valence-corrected chi connectivity index (χ0v) is 13.8. The molecule has 7 heteroatoms. The van der Waals surface area contributed by atoms with Crippen LogP contribution in [0.15, 0.2) is 0 Å². The number of piperidine rings is 1. The minimum atomic E-state index is -3.24. The van der Waals surface area contributed by atoms with E-state index in [2.05, 4.69) is 10.6 Å². The number of carbonyl (C=O) groups is 1. The highest BCUT2D eigenvalue weighted by atomic mass is 32.2. The van der Waals surface area contributed by atoms with Gasteiger partial charge >= 0.3 is 0 Å². The summed E-state index contributed by atoms with van der Waals surface area (Å²) >= 11 is 0. The molecule has 0 aromatic heterocycles. The van der Waals surface area contributed by atoms with E-state index in [1.54, 1.807) is 7.05 Å². The Morgan fingerprint density at radius 2 is 2.05 bits per heavy atom. The lowest BCUT2D eigenvalue weighted by molar-refractivity contribution is -0.128. The molecular formula is C14H27N3O3S. The van der Waals surface area contributed by atoms with Crippen molar-refractivity contribution in [3.63, 3.8) is 0 Å². The van der Waals surface area contributed by atoms with Crippen molar-refractivity contribution in [1.82, 2.24) is 14.9 Å². The zero-order chi connectivity index (χ0) is 15.5. The molecule has 2 fully saturated rings. The lowest BCUT2D eigenvalue weighted by atomic mass is 9.89. The molecule has 0 saturated carbocycles. The molecule has 1 atom stereocenters. The van der Waals surface area contributed by atoms with Crippen LogP contribution in [0.3, 0.4) is 0 Å². The number of nitrogens with one attached hydrogen (secondary N) is 2. The Bertz CT molecular complexity index is 474. The van der Waals surface area contributed by atoms with Crippen LogP contribution < -0.4 is 10.6 Å². The van der Waals surface area contributed by atoms with Crippen molar-refractivity contribution in [2.75, 3.05) is 39.0 Å². The van der Waals surface area contributed by atoms with Gasteiger partial charge < -0.3 is 10.6 Å². The normalized spacial score (nSPS) is 28.7. The number of nitrogens with zero attached hydrogens (tertiary/aromatic N) is 1. The van der Waals surface area contributed by atoms with E-state index in [1.165, 1.54) is 4.31 Å². The van der Waals surface area contributed by atoms with Gasteiger partial charge in [-0.2, -0.15) is 0 Å². The highest BCUT2D eigenvalue weighted by Crippen LogP contribution is 2.32. The number of hydrogen-bond acceptors (Lipinski definition) is 4. The van der Waals surface area contributed by atoms with Gasteiger partial charge in [0.1, 0.15) is 0 Å². The molecule has 1 unspecified atom stereocenters. The summed E-state index contributed by atoms with van der Waals surface area (Å²) in [5.41, 5.74) is -0.587. The van der Waals surface area contributed by atoms with Gasteiger partial charge in [-0.05, 0) is 51.6 Å². The Labute approximate surface area is 127 Å². The second-order valence-electron chi connectivity index (χ2n) is 6.52. The second-order valence-corrected chi connectivity index (χ2v) is 8.61. The molecule has 0 spiro atoms. The third-order valence-electron chi connectivity index (χ3n) is 4.85. The second kappa shape index (κ2) is 6.62. The van der Waals surface area contributed by atoms with Gasteiger partial charge in [-0.15, -0.1) is 0 Å². The summed E-state index contributed by atoms with van der Waals surface area (Å²) in [6.07, 6.45) is 3.45. The van der Waals surface area contributed by atoms with Crippen molar-refractivity contribution in [3.05, 3.63) is 0 Å². The first kappa shape index (κ1) is 16.7. The van der Waals surface area contributed by atoms with Crippen LogP contribution in [-0.4, -0.2) is 57.6 Å². The number of rotatable bonds is 5. The molecule has 2 N–H and O–H groups in total. The van der Waals surface area contributed by atoms with E-state index in [-0.39, 0.29) is 11.7 Å². The molecule has 0 radical (unpaired) electrons. The maximum Gasteiger partial charge on any atom is 0.227 e. The van der Waals surface area contributed by atoms with Gasteiger partial charge in [0.2, 0.25) is 15.9 Å². The maximum absolute atomic E-state index is 12.5. The summed E-state index contributed by atoms with van der Waals surface area (Å²) in [5.74, 6) is 0.647. The van der Waals surface area contributed by atoms with E-state index in [0.717, 1.165) is 32.4 Å². The number of sulfonamides is 1. The Hall–Kier alpha value is -0.660. The van der Waals surface area contributed by atoms with Crippen LogP contribution in [0.2, 0.25) is 0 Å². The van der Waals surface area contributed by atoms with Crippen molar-refractivity contribution >= 4 is 15.9 Å². The topological polar surface area (TPSA) is 78.5 Å². The average molecular weight is 317 g/mol. The predicted molar refractivity (Wildman–Crippen MR) is 82.4 cm³/mol. The van der Waals surface area contributed by atoms with Crippen LogP contribution in [0.4, 0.5) is 0 Å². The van der Waals surface area contributed by atoms with E-state index < -0.39 is 15.4 Å². The summed E-state index contributed by atoms with van der Waals surface area (Å²) in [6, 6.07) is 0. The molecule has 21 heavy (non-hydrogen) atoms. The van der Waals surface area contributed by atoms with E-state index in [9.17, 15) is 13.2 Å². The molecule has 1 amide bonds. The largest absolute Gasteiger partial charge is 0.359 e. The Morgan fingerprint density at radius 1 is 1.38 bits per heavy atom. The molecule has 2 heterocycles. The van der Waals surface area contributed by atoms with Crippen molar-refractivity contribution < 1.29 is 13.2 Å². The smallest absolute Gasteiger partial charge is 0.227 e. The first-order chi connectivity index (χ1) is 9.87. The quantitative estimate of drug-likeness (QED) is 0.757. The lowest BCUT2D eigenvalue weighted by Crippen LogP contribution is -2.41. The molecule has 6 nitrogen and oxygen atoms in total. The van der Waals surface area contributed by atoms with Gasteiger partial charge in [-0.1, -0.05) is 0 Å². The number of carbonyl (C=O) groups excluding carboxylic acids is 1. The van der Waals surface area contributed by atoms with Crippen molar-refractivity contribution in [1.29, 1.82) is 0 Å². The van der Waals surface area contributed by atoms with E-state index in [1.807, 2.05) is 6.92 Å². The number of amides is 1. The first-order valence-corrected chi connectivity index (χ1v) is 9.39. The fraction of sp³-hybridized carbons (Fsp3) is 0.929. The first-order valence-electron chi connectivity index (χ1n) is 7.78. The van der Waals surface area contributed by atoms with Gasteiger partial charge in [0.05, 0.1) is 11.2 Å². The van der Waals surface area contributed by atoms with Crippen LogP contribution in [0.5, 0.6) is 0 Å². The number of hydrogen-bond donors (Lipinski definition) is 2. The van der Waals surface area contributed by atoms with E-state index in [0.29, 0.717) is 25.4 Å². The standard InChI is InChI=1S/C14H27N3O3S/c1-14(13(18)15-2)6-9-17(11-14)21(19,20)10-5-12-3-7-16-8-4-12/h12,16H,3-11H2,1-2H3,(H,15,18). The Morgan fingerprint density at radius 3 is 2.67 bits per heavy atom. The van der Waals surface area contributed by atoms with Crippen LogP contribution in [0.1, 0.15) is 32.6 Å². The van der Waals surface area contributed by atoms with Crippen molar-refractivity contribution in [2.45, 2.75) is 32.6 Å². The summed E-state index contributed by atoms with van der Waals surface area (Å²) in [7, 11) is -1.64. The average Bonchev–Trinajstić information content (AvgIpc) is 2.90. The SMILES string of the molecule is CNC(=O)C1(C)CCN(S(=O)(=O)CCC2CCNCC2)C1. The molecule has 122 valence electrons. The van der Waals surface area contributed by atoms with E-state index >= 15 is 0 Å². The summed E-state index contributed by atoms with van der Waals surface area (Å²) in [6.45, 7) is 4.58. The summed E-state index contributed by atoms with van der Waals surface area (Å²) in [4.78, 5) is 11.9. The molecular weight excluding hydrogens is 290 g/mol. The van der Waals surface area contributed by atoms with Crippen molar-refractivity contribution in [2.24, 2.45) is 11.3 Å². The molecule has 2 aliphatic rings. The molecule has 2 aliphatic heterocycles. The summed E-state index contributed by atoms with van der Waals surface area (Å²) < 4.78 is 26.4. The molecule has 2 saturated heterocycles. The van der Waals surface area contributed by atoms with Crippen LogP contribution in [0, 0.1) is 11.3 Å². The Balaban J connectivity index is 1.90. The van der Waals surface area contributed by atoms with Gasteiger partial charge in [-0.3, -0.25) is 4.79 Å². The minimum absolute atomic E-state index is 0.0708. The lowest BCUT2D eigenvalue weighted by Gasteiger charge is -2.25. The fourth-order valence-electron chi connectivity index (χ4n) is 3.26. The highest BCUT2D eigenvalue weighted by molar-refractivity contribution is 7.89. The highest BCUT2D eigenvalue weighted by Gasteiger charge is 2.43. The Kier molecular flexibility index (Phi) is 5.27. The zero-order valence-electron chi connectivity index (χ0n) is 13.0. The van der Waals surface area contributed by atoms with Crippen LogP contribution in [0.25, 0.3) is 0 Å². The third kappa shape index (κ3) is 3.96. The third-order valence-corrected chi connectivity index (χ3v) is 6.70. The fourth-order valence-corrected chi connectivity index (χ4v) is 5.00. The molecule has 0 bridgehead atoms. The van der Waals surface area contributed by atoms with Gasteiger partial charge in [0, 0.05) is 20.1 Å². The summed E-state index contributed by atoms with van der Waals surface area (Å²) in [5, 5.41) is 5.93. The van der Waals surface area contributed by atoms with E-state index in [4.69, 9.17) is 0 Å². The van der Waals surface area contributed by atoms with Gasteiger partial charge in [0.15, 0.2) is 0 Å². The van der Waals surface area contributed by atoms with Crippen LogP contribution in [-0.2, 0) is 14.8 Å².